The number of hydrogen-bond donors (Lipinski definition) is 0. The fourth-order valence-corrected chi connectivity index (χ4v) is 2.23. The summed E-state index contributed by atoms with van der Waals surface area (Å²) >= 11 is 0. The first-order valence-electron chi connectivity index (χ1n) is 6.44. The van der Waals surface area contributed by atoms with Crippen LogP contribution >= 0.6 is 0 Å². The predicted octanol–water partition coefficient (Wildman–Crippen LogP) is 2.03. The molecule has 0 saturated heterocycles. The SMILES string of the molecule is Cc1nc(C#N)c(C#N)n1Cc1nc2cc([N+](=O)[O-])ccc2o1. The van der Waals surface area contributed by atoms with Gasteiger partial charge in [-0.3, -0.25) is 10.1 Å². The van der Waals surface area contributed by atoms with Crippen LogP contribution in [0.2, 0.25) is 0 Å². The van der Waals surface area contributed by atoms with Gasteiger partial charge in [-0.15, -0.1) is 0 Å². The highest BCUT2D eigenvalue weighted by Gasteiger charge is 2.17. The van der Waals surface area contributed by atoms with Gasteiger partial charge in [0.2, 0.25) is 5.89 Å². The quantitative estimate of drug-likeness (QED) is 0.533. The van der Waals surface area contributed by atoms with E-state index in [1.54, 1.807) is 6.92 Å². The Morgan fingerprint density at radius 1 is 1.35 bits per heavy atom. The monoisotopic (exact) mass is 308 g/mol. The van der Waals surface area contributed by atoms with Gasteiger partial charge in [-0.1, -0.05) is 0 Å². The molecule has 0 aliphatic carbocycles. The van der Waals surface area contributed by atoms with Crippen molar-refractivity contribution in [2.24, 2.45) is 0 Å². The molecule has 112 valence electrons. The number of aryl methyl sites for hydroxylation is 1. The summed E-state index contributed by atoms with van der Waals surface area (Å²) in [6.07, 6.45) is 0. The second kappa shape index (κ2) is 5.24. The number of aromatic nitrogens is 3. The number of oxazole rings is 1. The number of hydrogen-bond acceptors (Lipinski definition) is 7. The Morgan fingerprint density at radius 2 is 2.13 bits per heavy atom. The molecule has 0 aliphatic rings. The minimum atomic E-state index is -0.513. The van der Waals surface area contributed by atoms with Gasteiger partial charge in [-0.25, -0.2) is 9.97 Å². The molecule has 0 radical (unpaired) electrons. The Bertz CT molecular complexity index is 1020. The van der Waals surface area contributed by atoms with Crippen LogP contribution in [-0.2, 0) is 6.54 Å². The van der Waals surface area contributed by atoms with Gasteiger partial charge in [0.05, 0.1) is 4.92 Å². The van der Waals surface area contributed by atoms with Gasteiger partial charge in [-0.2, -0.15) is 10.5 Å². The molecule has 0 aliphatic heterocycles. The van der Waals surface area contributed by atoms with Crippen LogP contribution in [-0.4, -0.2) is 19.5 Å². The molecule has 2 aromatic heterocycles. The topological polar surface area (TPSA) is 135 Å². The van der Waals surface area contributed by atoms with Gasteiger partial charge in [0.25, 0.3) is 5.69 Å². The number of nitrogens with zero attached hydrogens (tertiary/aromatic N) is 6. The number of nitro groups is 1. The number of imidazole rings is 1. The largest absolute Gasteiger partial charge is 0.439 e. The molecule has 9 heteroatoms. The molecule has 0 bridgehead atoms. The molecule has 23 heavy (non-hydrogen) atoms. The molecule has 0 atom stereocenters. The van der Waals surface area contributed by atoms with E-state index < -0.39 is 4.92 Å². The molecular formula is C14H8N6O3. The smallest absolute Gasteiger partial charge is 0.271 e. The van der Waals surface area contributed by atoms with Crippen molar-refractivity contribution in [3.8, 4) is 12.1 Å². The summed E-state index contributed by atoms with van der Waals surface area (Å²) in [5, 5.41) is 28.9. The summed E-state index contributed by atoms with van der Waals surface area (Å²) in [7, 11) is 0. The lowest BCUT2D eigenvalue weighted by Gasteiger charge is -2.02. The molecule has 1 aromatic carbocycles. The van der Waals surface area contributed by atoms with E-state index in [9.17, 15) is 15.4 Å². The zero-order valence-electron chi connectivity index (χ0n) is 11.8. The van der Waals surface area contributed by atoms with Gasteiger partial charge in [-0.05, 0) is 13.0 Å². The van der Waals surface area contributed by atoms with Gasteiger partial charge >= 0.3 is 0 Å². The van der Waals surface area contributed by atoms with Crippen molar-refractivity contribution in [2.75, 3.05) is 0 Å². The van der Waals surface area contributed by atoms with Crippen molar-refractivity contribution in [3.05, 3.63) is 51.4 Å². The first-order valence-corrected chi connectivity index (χ1v) is 6.44. The lowest BCUT2D eigenvalue weighted by atomic mass is 10.3. The normalized spacial score (nSPS) is 10.4. The molecular weight excluding hydrogens is 300 g/mol. The summed E-state index contributed by atoms with van der Waals surface area (Å²) in [4.78, 5) is 18.5. The van der Waals surface area contributed by atoms with E-state index in [-0.39, 0.29) is 29.5 Å². The molecule has 0 fully saturated rings. The van der Waals surface area contributed by atoms with Crippen LogP contribution in [0.5, 0.6) is 0 Å². The predicted molar refractivity (Wildman–Crippen MR) is 76.2 cm³/mol. The number of nitriles is 2. The van der Waals surface area contributed by atoms with Crippen LogP contribution in [0.3, 0.4) is 0 Å². The zero-order chi connectivity index (χ0) is 16.6. The lowest BCUT2D eigenvalue weighted by Crippen LogP contribution is -2.05. The van der Waals surface area contributed by atoms with E-state index in [1.807, 2.05) is 12.1 Å². The maximum atomic E-state index is 10.8. The summed E-state index contributed by atoms with van der Waals surface area (Å²) in [5.41, 5.74) is 0.837. The van der Waals surface area contributed by atoms with E-state index in [4.69, 9.17) is 9.68 Å². The Morgan fingerprint density at radius 3 is 2.78 bits per heavy atom. The molecule has 0 amide bonds. The highest BCUT2D eigenvalue weighted by molar-refractivity contribution is 5.75. The summed E-state index contributed by atoms with van der Waals surface area (Å²) < 4.78 is 7.04. The van der Waals surface area contributed by atoms with Crippen LogP contribution in [0.4, 0.5) is 5.69 Å². The third kappa shape index (κ3) is 2.36. The minimum absolute atomic E-state index is 0.0387. The lowest BCUT2D eigenvalue weighted by molar-refractivity contribution is -0.384. The standard InChI is InChI=1S/C14H8N6O3/c1-8-17-11(5-15)12(6-16)19(8)7-14-18-10-4-9(20(21)22)2-3-13(10)23-14/h2-4H,7H2,1H3. The highest BCUT2D eigenvalue weighted by atomic mass is 16.6. The summed E-state index contributed by atoms with van der Waals surface area (Å²) in [5.74, 6) is 0.744. The van der Waals surface area contributed by atoms with Gasteiger partial charge in [0.15, 0.2) is 17.0 Å². The number of fused-ring (bicyclic) bond motifs is 1. The van der Waals surface area contributed by atoms with E-state index in [0.29, 0.717) is 16.9 Å². The average Bonchev–Trinajstić information content (AvgIpc) is 3.07. The van der Waals surface area contributed by atoms with E-state index in [1.165, 1.54) is 22.8 Å². The zero-order valence-corrected chi connectivity index (χ0v) is 11.8. The number of benzene rings is 1. The van der Waals surface area contributed by atoms with Crippen LogP contribution in [0.25, 0.3) is 11.1 Å². The van der Waals surface area contributed by atoms with Gasteiger partial charge < -0.3 is 8.98 Å². The maximum absolute atomic E-state index is 10.8. The number of rotatable bonds is 3. The second-order valence-electron chi connectivity index (χ2n) is 4.68. The Hall–Kier alpha value is -3.72. The van der Waals surface area contributed by atoms with Crippen LogP contribution in [0.15, 0.2) is 22.6 Å². The maximum Gasteiger partial charge on any atom is 0.271 e. The van der Waals surface area contributed by atoms with Crippen LogP contribution in [0.1, 0.15) is 23.1 Å². The fraction of sp³-hybridized carbons (Fsp3) is 0.143. The molecule has 0 N–H and O–H groups in total. The molecule has 0 unspecified atom stereocenters. The third-order valence-electron chi connectivity index (χ3n) is 3.29. The molecule has 3 rings (SSSR count). The van der Waals surface area contributed by atoms with Crippen LogP contribution in [0, 0.1) is 39.7 Å². The first kappa shape index (κ1) is 14.2. The number of nitro benzene ring substituents is 1. The molecule has 3 aromatic rings. The minimum Gasteiger partial charge on any atom is -0.439 e. The van der Waals surface area contributed by atoms with Crippen molar-refractivity contribution < 1.29 is 9.34 Å². The molecule has 0 spiro atoms. The molecule has 2 heterocycles. The van der Waals surface area contributed by atoms with Crippen molar-refractivity contribution >= 4 is 16.8 Å². The Balaban J connectivity index is 2.03. The van der Waals surface area contributed by atoms with E-state index in [0.717, 1.165) is 0 Å². The average molecular weight is 308 g/mol. The Kier molecular flexibility index (Phi) is 3.24. The third-order valence-corrected chi connectivity index (χ3v) is 3.29. The van der Waals surface area contributed by atoms with Crippen molar-refractivity contribution in [1.82, 2.24) is 14.5 Å². The first-order chi connectivity index (χ1) is 11.0. The van der Waals surface area contributed by atoms with Crippen molar-refractivity contribution in [2.45, 2.75) is 13.5 Å². The van der Waals surface area contributed by atoms with Crippen LogP contribution < -0.4 is 0 Å². The van der Waals surface area contributed by atoms with Crippen molar-refractivity contribution in [1.29, 1.82) is 10.5 Å². The Labute approximate surface area is 129 Å². The number of non-ortho nitro benzene ring substituents is 1. The van der Waals surface area contributed by atoms with Gasteiger partial charge in [0, 0.05) is 12.1 Å². The molecule has 9 nitrogen and oxygen atoms in total. The van der Waals surface area contributed by atoms with E-state index >= 15 is 0 Å². The van der Waals surface area contributed by atoms with Crippen molar-refractivity contribution in [3.63, 3.8) is 0 Å². The highest BCUT2D eigenvalue weighted by Crippen LogP contribution is 2.22. The fourth-order valence-electron chi connectivity index (χ4n) is 2.23. The van der Waals surface area contributed by atoms with Gasteiger partial charge in [0.1, 0.15) is 30.0 Å². The summed E-state index contributed by atoms with van der Waals surface area (Å²) in [6, 6.07) is 7.90. The van der Waals surface area contributed by atoms with E-state index in [2.05, 4.69) is 9.97 Å². The second-order valence-corrected chi connectivity index (χ2v) is 4.68. The summed E-state index contributed by atoms with van der Waals surface area (Å²) in [6.45, 7) is 1.76. The molecule has 0 saturated carbocycles.